The fourth-order valence-corrected chi connectivity index (χ4v) is 2.83. The van der Waals surface area contributed by atoms with Gasteiger partial charge in [0.15, 0.2) is 0 Å². The Kier molecular flexibility index (Phi) is 4.81. The maximum atomic E-state index is 12.6. The summed E-state index contributed by atoms with van der Waals surface area (Å²) in [5.74, 6) is 1.65. The van der Waals surface area contributed by atoms with Crippen molar-refractivity contribution in [2.75, 3.05) is 26.1 Å². The van der Waals surface area contributed by atoms with Gasteiger partial charge in [-0.05, 0) is 36.2 Å². The Labute approximate surface area is 145 Å². The summed E-state index contributed by atoms with van der Waals surface area (Å²) in [6.07, 6.45) is 0.605. The van der Waals surface area contributed by atoms with Crippen molar-refractivity contribution in [3.8, 4) is 17.2 Å². The maximum absolute atomic E-state index is 12.6. The number of ether oxygens (including phenoxy) is 3. The van der Waals surface area contributed by atoms with Gasteiger partial charge in [0.1, 0.15) is 23.9 Å². The Morgan fingerprint density at radius 3 is 2.79 bits per heavy atom. The minimum Gasteiger partial charge on any atom is -0.497 e. The zero-order chi connectivity index (χ0) is 17.1. The topological polar surface area (TPSA) is 56.8 Å². The number of hydrogen-bond donors (Lipinski definition) is 1. The van der Waals surface area contributed by atoms with Gasteiger partial charge in [0.05, 0.1) is 25.8 Å². The second-order valence-electron chi connectivity index (χ2n) is 5.52. The Morgan fingerprint density at radius 2 is 2.04 bits per heavy atom. The zero-order valence-electron chi connectivity index (χ0n) is 13.5. The van der Waals surface area contributed by atoms with E-state index in [0.29, 0.717) is 29.5 Å². The van der Waals surface area contributed by atoms with Crippen LogP contribution in [0, 0.1) is 5.92 Å². The molecule has 0 bridgehead atoms. The first kappa shape index (κ1) is 16.5. The number of fused-ring (bicyclic) bond motifs is 1. The predicted octanol–water partition coefficient (Wildman–Crippen LogP) is 3.55. The number of carbonyl (C=O) groups excluding carboxylic acids is 1. The molecule has 1 aliphatic heterocycles. The lowest BCUT2D eigenvalue weighted by Crippen LogP contribution is -2.32. The van der Waals surface area contributed by atoms with Crippen molar-refractivity contribution in [2.24, 2.45) is 5.92 Å². The van der Waals surface area contributed by atoms with Crippen LogP contribution in [-0.2, 0) is 11.2 Å². The summed E-state index contributed by atoms with van der Waals surface area (Å²) < 4.78 is 16.2. The molecule has 1 aliphatic rings. The van der Waals surface area contributed by atoms with E-state index in [-0.39, 0.29) is 11.8 Å². The van der Waals surface area contributed by atoms with Crippen molar-refractivity contribution in [3.05, 3.63) is 47.0 Å². The van der Waals surface area contributed by atoms with Crippen LogP contribution in [0.5, 0.6) is 17.2 Å². The van der Waals surface area contributed by atoms with Crippen LogP contribution in [0.3, 0.4) is 0 Å². The predicted molar refractivity (Wildman–Crippen MR) is 92.3 cm³/mol. The van der Waals surface area contributed by atoms with Crippen molar-refractivity contribution in [3.63, 3.8) is 0 Å². The lowest BCUT2D eigenvalue weighted by Gasteiger charge is -2.25. The van der Waals surface area contributed by atoms with Crippen LogP contribution >= 0.6 is 11.6 Å². The number of benzene rings is 2. The molecule has 6 heteroatoms. The second-order valence-corrected chi connectivity index (χ2v) is 5.96. The number of halogens is 1. The first-order chi connectivity index (χ1) is 11.6. The fraction of sp³-hybridized carbons (Fsp3) is 0.278. The number of carbonyl (C=O) groups is 1. The van der Waals surface area contributed by atoms with E-state index in [1.165, 1.54) is 0 Å². The smallest absolute Gasteiger partial charge is 0.231 e. The summed E-state index contributed by atoms with van der Waals surface area (Å²) >= 11 is 6.00. The second kappa shape index (κ2) is 7.01. The van der Waals surface area contributed by atoms with E-state index in [1.807, 2.05) is 18.2 Å². The van der Waals surface area contributed by atoms with Crippen LogP contribution in [0.25, 0.3) is 0 Å². The maximum Gasteiger partial charge on any atom is 0.231 e. The van der Waals surface area contributed by atoms with Gasteiger partial charge in [0.25, 0.3) is 0 Å². The molecule has 0 spiro atoms. The quantitative estimate of drug-likeness (QED) is 0.919. The molecule has 0 radical (unpaired) electrons. The summed E-state index contributed by atoms with van der Waals surface area (Å²) in [7, 11) is 3.16. The van der Waals surface area contributed by atoms with E-state index < -0.39 is 0 Å². The minimum atomic E-state index is -0.283. The van der Waals surface area contributed by atoms with Gasteiger partial charge in [-0.1, -0.05) is 17.7 Å². The first-order valence-corrected chi connectivity index (χ1v) is 7.92. The average molecular weight is 348 g/mol. The molecular weight excluding hydrogens is 330 g/mol. The van der Waals surface area contributed by atoms with Gasteiger partial charge >= 0.3 is 0 Å². The lowest BCUT2D eigenvalue weighted by molar-refractivity contribution is -0.121. The highest BCUT2D eigenvalue weighted by atomic mass is 35.5. The molecule has 1 unspecified atom stereocenters. The fourth-order valence-electron chi connectivity index (χ4n) is 2.66. The largest absolute Gasteiger partial charge is 0.497 e. The highest BCUT2D eigenvalue weighted by Crippen LogP contribution is 2.32. The molecular formula is C18H18ClNO4. The average Bonchev–Trinajstić information content (AvgIpc) is 2.61. The third kappa shape index (κ3) is 3.41. The van der Waals surface area contributed by atoms with E-state index in [2.05, 4.69) is 5.32 Å². The molecule has 2 aromatic carbocycles. The molecule has 0 saturated carbocycles. The van der Waals surface area contributed by atoms with E-state index in [4.69, 9.17) is 25.8 Å². The molecule has 2 aromatic rings. The lowest BCUT2D eigenvalue weighted by atomic mass is 9.95. The van der Waals surface area contributed by atoms with Crippen molar-refractivity contribution in [1.82, 2.24) is 0 Å². The Bertz CT molecular complexity index is 763. The van der Waals surface area contributed by atoms with Gasteiger partial charge in [-0.2, -0.15) is 0 Å². The summed E-state index contributed by atoms with van der Waals surface area (Å²) in [4.78, 5) is 12.6. The van der Waals surface area contributed by atoms with E-state index >= 15 is 0 Å². The molecule has 3 rings (SSSR count). The van der Waals surface area contributed by atoms with E-state index in [1.54, 1.807) is 32.4 Å². The van der Waals surface area contributed by atoms with Crippen molar-refractivity contribution < 1.29 is 19.0 Å². The van der Waals surface area contributed by atoms with Gasteiger partial charge < -0.3 is 19.5 Å². The van der Waals surface area contributed by atoms with Crippen LogP contribution in [0.4, 0.5) is 5.69 Å². The number of amides is 1. The summed E-state index contributed by atoms with van der Waals surface area (Å²) in [5, 5.41) is 3.40. The third-order valence-electron chi connectivity index (χ3n) is 3.97. The zero-order valence-corrected chi connectivity index (χ0v) is 14.2. The van der Waals surface area contributed by atoms with Gasteiger partial charge in [0, 0.05) is 11.1 Å². The van der Waals surface area contributed by atoms with Crippen LogP contribution < -0.4 is 19.5 Å². The Hall–Kier alpha value is -2.40. The monoisotopic (exact) mass is 347 g/mol. The molecule has 5 nitrogen and oxygen atoms in total. The van der Waals surface area contributed by atoms with Gasteiger partial charge in [-0.3, -0.25) is 4.79 Å². The normalized spacial score (nSPS) is 15.9. The summed E-state index contributed by atoms with van der Waals surface area (Å²) in [6, 6.07) is 10.7. The van der Waals surface area contributed by atoms with Gasteiger partial charge in [0.2, 0.25) is 5.91 Å². The molecule has 0 aromatic heterocycles. The number of nitrogens with one attached hydrogen (secondary N) is 1. The van der Waals surface area contributed by atoms with Crippen LogP contribution in [0.15, 0.2) is 36.4 Å². The molecule has 0 fully saturated rings. The molecule has 1 N–H and O–H groups in total. The third-order valence-corrected chi connectivity index (χ3v) is 4.21. The standard InChI is InChI=1S/C18H18ClNO4/c1-22-14-5-3-11-7-12(10-24-17(11)9-14)18(21)20-15-8-13(19)4-6-16(15)23-2/h3-6,8-9,12H,7,10H2,1-2H3,(H,20,21). The van der Waals surface area contributed by atoms with Crippen LogP contribution in [0.2, 0.25) is 5.02 Å². The highest BCUT2D eigenvalue weighted by molar-refractivity contribution is 6.31. The first-order valence-electron chi connectivity index (χ1n) is 7.55. The Balaban J connectivity index is 1.74. The van der Waals surface area contributed by atoms with E-state index in [0.717, 1.165) is 17.1 Å². The minimum absolute atomic E-state index is 0.128. The molecule has 1 atom stereocenters. The summed E-state index contributed by atoms with van der Waals surface area (Å²) in [6.45, 7) is 0.314. The summed E-state index contributed by atoms with van der Waals surface area (Å²) in [5.41, 5.74) is 1.54. The SMILES string of the molecule is COc1ccc2c(c1)OCC(C(=O)Nc1cc(Cl)ccc1OC)C2. The van der Waals surface area contributed by atoms with Crippen molar-refractivity contribution >= 4 is 23.2 Å². The molecule has 1 amide bonds. The van der Waals surface area contributed by atoms with Gasteiger partial charge in [-0.15, -0.1) is 0 Å². The molecule has 0 saturated heterocycles. The van der Waals surface area contributed by atoms with Crippen LogP contribution in [0.1, 0.15) is 5.56 Å². The molecule has 0 aliphatic carbocycles. The Morgan fingerprint density at radius 1 is 1.21 bits per heavy atom. The highest BCUT2D eigenvalue weighted by Gasteiger charge is 2.27. The molecule has 126 valence electrons. The van der Waals surface area contributed by atoms with E-state index in [9.17, 15) is 4.79 Å². The molecule has 24 heavy (non-hydrogen) atoms. The van der Waals surface area contributed by atoms with Crippen molar-refractivity contribution in [2.45, 2.75) is 6.42 Å². The molecule has 1 heterocycles. The number of methoxy groups -OCH3 is 2. The number of rotatable bonds is 4. The van der Waals surface area contributed by atoms with Crippen molar-refractivity contribution in [1.29, 1.82) is 0 Å². The van der Waals surface area contributed by atoms with Crippen LogP contribution in [-0.4, -0.2) is 26.7 Å². The number of hydrogen-bond acceptors (Lipinski definition) is 4. The number of anilines is 1. The van der Waals surface area contributed by atoms with Gasteiger partial charge in [-0.25, -0.2) is 0 Å².